The summed E-state index contributed by atoms with van der Waals surface area (Å²) < 4.78 is 0. The molecule has 0 aliphatic carbocycles. The minimum absolute atomic E-state index is 0.114. The van der Waals surface area contributed by atoms with Gasteiger partial charge in [-0.05, 0) is 37.4 Å². The van der Waals surface area contributed by atoms with E-state index in [1.165, 1.54) is 11.1 Å². The summed E-state index contributed by atoms with van der Waals surface area (Å²) in [5, 5.41) is 11.9. The van der Waals surface area contributed by atoms with Gasteiger partial charge in [0.2, 0.25) is 5.95 Å². The summed E-state index contributed by atoms with van der Waals surface area (Å²) in [6.07, 6.45) is 3.32. The first-order valence-corrected chi connectivity index (χ1v) is 6.80. The molecule has 0 atom stereocenters. The summed E-state index contributed by atoms with van der Waals surface area (Å²) in [4.78, 5) is 20.1. The van der Waals surface area contributed by atoms with Crippen LogP contribution in [0.15, 0.2) is 35.4 Å². The average molecular weight is 275 g/mol. The second-order valence-electron chi connectivity index (χ2n) is 3.85. The molecule has 0 radical (unpaired) electrons. The molecule has 0 spiro atoms. The van der Waals surface area contributed by atoms with Crippen LogP contribution >= 0.6 is 11.8 Å². The van der Waals surface area contributed by atoms with E-state index in [-0.39, 0.29) is 5.56 Å². The maximum Gasteiger partial charge on any atom is 0.339 e. The van der Waals surface area contributed by atoms with E-state index in [0.717, 1.165) is 5.69 Å². The van der Waals surface area contributed by atoms with Gasteiger partial charge in [0.25, 0.3) is 0 Å². The SMILES string of the molecule is CSc1ccc(Nc2ncc(C(=O)O)c(C)n2)cc1. The second-order valence-corrected chi connectivity index (χ2v) is 4.73. The Morgan fingerprint density at radius 1 is 1.32 bits per heavy atom. The van der Waals surface area contributed by atoms with Gasteiger partial charge >= 0.3 is 5.97 Å². The third kappa shape index (κ3) is 3.23. The van der Waals surface area contributed by atoms with Gasteiger partial charge in [-0.1, -0.05) is 0 Å². The zero-order valence-electron chi connectivity index (χ0n) is 10.5. The average Bonchev–Trinajstić information content (AvgIpc) is 2.39. The quantitative estimate of drug-likeness (QED) is 0.836. The van der Waals surface area contributed by atoms with Crippen LogP contribution in [0.4, 0.5) is 11.6 Å². The Balaban J connectivity index is 2.18. The number of hydrogen-bond donors (Lipinski definition) is 2. The number of anilines is 2. The maximum atomic E-state index is 10.9. The highest BCUT2D eigenvalue weighted by Crippen LogP contribution is 2.19. The number of carboxylic acids is 1. The van der Waals surface area contributed by atoms with Gasteiger partial charge in [0.05, 0.1) is 11.3 Å². The van der Waals surface area contributed by atoms with Crippen LogP contribution in [0.25, 0.3) is 0 Å². The van der Waals surface area contributed by atoms with E-state index < -0.39 is 5.97 Å². The lowest BCUT2D eigenvalue weighted by molar-refractivity contribution is 0.0695. The van der Waals surface area contributed by atoms with Gasteiger partial charge in [-0.25, -0.2) is 14.8 Å². The van der Waals surface area contributed by atoms with Gasteiger partial charge in [0.1, 0.15) is 0 Å². The number of aromatic nitrogens is 2. The molecule has 0 aliphatic rings. The Morgan fingerprint density at radius 2 is 2.00 bits per heavy atom. The van der Waals surface area contributed by atoms with E-state index >= 15 is 0 Å². The molecule has 0 fully saturated rings. The maximum absolute atomic E-state index is 10.9. The fourth-order valence-electron chi connectivity index (χ4n) is 1.54. The molecule has 6 heteroatoms. The van der Waals surface area contributed by atoms with E-state index in [0.29, 0.717) is 11.6 Å². The van der Waals surface area contributed by atoms with Gasteiger partial charge in [-0.15, -0.1) is 11.8 Å². The summed E-state index contributed by atoms with van der Waals surface area (Å²) >= 11 is 1.67. The van der Waals surface area contributed by atoms with Crippen LogP contribution in [0.3, 0.4) is 0 Å². The minimum Gasteiger partial charge on any atom is -0.478 e. The van der Waals surface area contributed by atoms with Crippen LogP contribution in [0, 0.1) is 6.92 Å². The van der Waals surface area contributed by atoms with Crippen molar-refractivity contribution in [2.45, 2.75) is 11.8 Å². The molecular weight excluding hydrogens is 262 g/mol. The van der Waals surface area contributed by atoms with E-state index in [2.05, 4.69) is 15.3 Å². The number of nitrogens with zero attached hydrogens (tertiary/aromatic N) is 2. The van der Waals surface area contributed by atoms with Gasteiger partial charge in [0, 0.05) is 16.8 Å². The fourth-order valence-corrected chi connectivity index (χ4v) is 1.95. The molecule has 0 amide bonds. The van der Waals surface area contributed by atoms with Crippen LogP contribution in [0.1, 0.15) is 16.1 Å². The Hall–Kier alpha value is -2.08. The van der Waals surface area contributed by atoms with Crippen LogP contribution in [-0.2, 0) is 0 Å². The molecule has 0 bridgehead atoms. The van der Waals surface area contributed by atoms with E-state index in [9.17, 15) is 4.79 Å². The summed E-state index contributed by atoms with van der Waals surface area (Å²) in [5.41, 5.74) is 1.41. The molecule has 98 valence electrons. The van der Waals surface area contributed by atoms with Crippen molar-refractivity contribution < 1.29 is 9.90 Å². The molecule has 0 saturated heterocycles. The number of carbonyl (C=O) groups is 1. The van der Waals surface area contributed by atoms with Crippen LogP contribution in [-0.4, -0.2) is 27.3 Å². The largest absolute Gasteiger partial charge is 0.478 e. The standard InChI is InChI=1S/C13H13N3O2S/c1-8-11(12(17)18)7-14-13(15-8)16-9-3-5-10(19-2)6-4-9/h3-7H,1-2H3,(H,17,18)(H,14,15,16). The molecule has 0 aliphatic heterocycles. The van der Waals surface area contributed by atoms with Gasteiger partial charge in [0.15, 0.2) is 0 Å². The Labute approximate surface area is 115 Å². The van der Waals surface area contributed by atoms with Crippen molar-refractivity contribution in [1.82, 2.24) is 9.97 Å². The third-order valence-corrected chi connectivity index (χ3v) is 3.30. The molecule has 1 aromatic heterocycles. The van der Waals surface area contributed by atoms with Crippen molar-refractivity contribution >= 4 is 29.4 Å². The topological polar surface area (TPSA) is 75.1 Å². The van der Waals surface area contributed by atoms with Gasteiger partial charge in [-0.2, -0.15) is 0 Å². The Morgan fingerprint density at radius 3 is 2.53 bits per heavy atom. The van der Waals surface area contributed by atoms with Crippen LogP contribution < -0.4 is 5.32 Å². The predicted molar refractivity (Wildman–Crippen MR) is 75.2 cm³/mol. The van der Waals surface area contributed by atoms with Gasteiger partial charge in [-0.3, -0.25) is 0 Å². The van der Waals surface area contributed by atoms with Crippen molar-refractivity contribution in [2.24, 2.45) is 0 Å². The minimum atomic E-state index is -1.02. The highest BCUT2D eigenvalue weighted by Gasteiger charge is 2.09. The number of benzene rings is 1. The zero-order valence-corrected chi connectivity index (χ0v) is 11.4. The number of carboxylic acid groups (broad SMARTS) is 1. The van der Waals surface area contributed by atoms with Crippen LogP contribution in [0.5, 0.6) is 0 Å². The first-order valence-electron chi connectivity index (χ1n) is 5.58. The van der Waals surface area contributed by atoms with Crippen molar-refractivity contribution in [2.75, 3.05) is 11.6 Å². The van der Waals surface area contributed by atoms with Crippen molar-refractivity contribution in [1.29, 1.82) is 0 Å². The van der Waals surface area contributed by atoms with E-state index in [4.69, 9.17) is 5.11 Å². The molecule has 19 heavy (non-hydrogen) atoms. The smallest absolute Gasteiger partial charge is 0.339 e. The first-order chi connectivity index (χ1) is 9.10. The van der Waals surface area contributed by atoms with E-state index in [1.807, 2.05) is 30.5 Å². The highest BCUT2D eigenvalue weighted by atomic mass is 32.2. The van der Waals surface area contributed by atoms with Crippen molar-refractivity contribution in [3.8, 4) is 0 Å². The summed E-state index contributed by atoms with van der Waals surface area (Å²) in [6.45, 7) is 1.65. The molecule has 1 aromatic carbocycles. The summed E-state index contributed by atoms with van der Waals surface area (Å²) in [6, 6.07) is 7.84. The number of hydrogen-bond acceptors (Lipinski definition) is 5. The normalized spacial score (nSPS) is 10.2. The fraction of sp³-hybridized carbons (Fsp3) is 0.154. The number of thioether (sulfide) groups is 1. The predicted octanol–water partition coefficient (Wildman–Crippen LogP) is 2.95. The first kappa shape index (κ1) is 13.4. The molecule has 2 aromatic rings. The molecular formula is C13H13N3O2S. The molecule has 1 heterocycles. The molecule has 2 rings (SSSR count). The monoisotopic (exact) mass is 275 g/mol. The molecule has 5 nitrogen and oxygen atoms in total. The lowest BCUT2D eigenvalue weighted by atomic mass is 10.2. The van der Waals surface area contributed by atoms with Gasteiger partial charge < -0.3 is 10.4 Å². The number of rotatable bonds is 4. The highest BCUT2D eigenvalue weighted by molar-refractivity contribution is 7.98. The number of nitrogens with one attached hydrogen (secondary N) is 1. The molecule has 0 unspecified atom stereocenters. The van der Waals surface area contributed by atoms with Crippen molar-refractivity contribution in [3.05, 3.63) is 41.7 Å². The summed E-state index contributed by atoms with van der Waals surface area (Å²) in [7, 11) is 0. The second kappa shape index (κ2) is 5.71. The molecule has 0 saturated carbocycles. The summed E-state index contributed by atoms with van der Waals surface area (Å²) in [5.74, 6) is -0.632. The zero-order chi connectivity index (χ0) is 13.8. The van der Waals surface area contributed by atoms with E-state index in [1.54, 1.807) is 18.7 Å². The van der Waals surface area contributed by atoms with Crippen molar-refractivity contribution in [3.63, 3.8) is 0 Å². The van der Waals surface area contributed by atoms with Crippen LogP contribution in [0.2, 0.25) is 0 Å². The third-order valence-electron chi connectivity index (χ3n) is 2.56. The Kier molecular flexibility index (Phi) is 4.01. The number of aryl methyl sites for hydroxylation is 1. The Bertz CT molecular complexity index is 599. The lowest BCUT2D eigenvalue weighted by Crippen LogP contribution is -2.06. The lowest BCUT2D eigenvalue weighted by Gasteiger charge is -2.07. The molecule has 2 N–H and O–H groups in total. The number of aromatic carboxylic acids is 1.